The number of hydrogen-bond acceptors (Lipinski definition) is 1. The van der Waals surface area contributed by atoms with Gasteiger partial charge in [0.15, 0.2) is 5.75 Å². The molecule has 0 aliphatic rings. The smallest absolute Gasteiger partial charge is 0.152 e. The van der Waals surface area contributed by atoms with Crippen LogP contribution in [0.5, 0.6) is 11.5 Å². The highest BCUT2D eigenvalue weighted by Crippen LogP contribution is 2.34. The molecule has 4 aromatic rings. The van der Waals surface area contributed by atoms with E-state index in [1.165, 1.54) is 5.39 Å². The molecule has 2 nitrogen and oxygen atoms in total. The van der Waals surface area contributed by atoms with Crippen LogP contribution in [0.1, 0.15) is 0 Å². The molecule has 1 heterocycles. The molecule has 102 valence electrons. The molecule has 0 atom stereocenters. The molecule has 0 fully saturated rings. The maximum absolute atomic E-state index is 6.15. The van der Waals surface area contributed by atoms with Gasteiger partial charge in [0.2, 0.25) is 0 Å². The van der Waals surface area contributed by atoms with Crippen molar-refractivity contribution in [1.29, 1.82) is 0 Å². The molecule has 0 radical (unpaired) electrons. The first kappa shape index (κ1) is 12.5. The van der Waals surface area contributed by atoms with E-state index in [9.17, 15) is 0 Å². The standard InChI is InChI=1S/C18H12BrNO/c19-13-8-9-16-15(10-13)18(11-20-16)21-17-7-3-5-12-4-1-2-6-14(12)17/h1-11,20H. The van der Waals surface area contributed by atoms with Crippen LogP contribution in [-0.4, -0.2) is 4.98 Å². The zero-order chi connectivity index (χ0) is 14.2. The predicted octanol–water partition coefficient (Wildman–Crippen LogP) is 5.88. The van der Waals surface area contributed by atoms with Crippen LogP contribution < -0.4 is 4.74 Å². The highest BCUT2D eigenvalue weighted by molar-refractivity contribution is 9.10. The van der Waals surface area contributed by atoms with Gasteiger partial charge in [-0.1, -0.05) is 52.3 Å². The number of ether oxygens (including phenoxy) is 1. The van der Waals surface area contributed by atoms with E-state index in [0.717, 1.165) is 32.3 Å². The molecule has 0 unspecified atom stereocenters. The molecule has 0 spiro atoms. The summed E-state index contributed by atoms with van der Waals surface area (Å²) in [5.74, 6) is 1.71. The molecule has 4 rings (SSSR count). The van der Waals surface area contributed by atoms with Crippen LogP contribution >= 0.6 is 15.9 Å². The van der Waals surface area contributed by atoms with E-state index in [1.807, 2.05) is 42.6 Å². The minimum atomic E-state index is 0.836. The average Bonchev–Trinajstić information content (AvgIpc) is 2.90. The first-order valence-electron chi connectivity index (χ1n) is 6.73. The predicted molar refractivity (Wildman–Crippen MR) is 90.0 cm³/mol. The molecule has 3 aromatic carbocycles. The largest absolute Gasteiger partial charge is 0.454 e. The maximum Gasteiger partial charge on any atom is 0.152 e. The van der Waals surface area contributed by atoms with Gasteiger partial charge in [-0.3, -0.25) is 0 Å². The lowest BCUT2D eigenvalue weighted by Crippen LogP contribution is -1.84. The topological polar surface area (TPSA) is 25.0 Å². The van der Waals surface area contributed by atoms with Gasteiger partial charge in [-0.05, 0) is 29.7 Å². The third-order valence-electron chi connectivity index (χ3n) is 3.58. The lowest BCUT2D eigenvalue weighted by Gasteiger charge is -2.08. The van der Waals surface area contributed by atoms with Gasteiger partial charge in [-0.2, -0.15) is 0 Å². The molecular formula is C18H12BrNO. The van der Waals surface area contributed by atoms with Crippen LogP contribution in [0.4, 0.5) is 0 Å². The molecule has 1 N–H and O–H groups in total. The molecule has 0 bridgehead atoms. The number of benzene rings is 3. The Morgan fingerprint density at radius 1 is 0.810 bits per heavy atom. The van der Waals surface area contributed by atoms with E-state index >= 15 is 0 Å². The third-order valence-corrected chi connectivity index (χ3v) is 4.07. The second kappa shape index (κ2) is 4.93. The molecule has 3 heteroatoms. The summed E-state index contributed by atoms with van der Waals surface area (Å²) in [6.07, 6.45) is 1.90. The van der Waals surface area contributed by atoms with E-state index in [0.29, 0.717) is 0 Å². The van der Waals surface area contributed by atoms with Crippen molar-refractivity contribution >= 4 is 37.6 Å². The van der Waals surface area contributed by atoms with Crippen LogP contribution in [0.2, 0.25) is 0 Å². The first-order valence-corrected chi connectivity index (χ1v) is 7.53. The molecule has 0 amide bonds. The third kappa shape index (κ3) is 2.20. The Balaban J connectivity index is 1.85. The Bertz CT molecular complexity index is 937. The summed E-state index contributed by atoms with van der Waals surface area (Å²) in [6, 6.07) is 20.5. The number of halogens is 1. The van der Waals surface area contributed by atoms with Gasteiger partial charge in [0.1, 0.15) is 5.75 Å². The Labute approximate surface area is 130 Å². The number of nitrogens with one attached hydrogen (secondary N) is 1. The molecule has 1 aromatic heterocycles. The Morgan fingerprint density at radius 2 is 1.67 bits per heavy atom. The molecule has 0 saturated carbocycles. The van der Waals surface area contributed by atoms with Gasteiger partial charge >= 0.3 is 0 Å². The number of hydrogen-bond donors (Lipinski definition) is 1. The Hall–Kier alpha value is -2.26. The summed E-state index contributed by atoms with van der Waals surface area (Å²) >= 11 is 3.51. The van der Waals surface area contributed by atoms with E-state index < -0.39 is 0 Å². The Morgan fingerprint density at radius 3 is 2.62 bits per heavy atom. The quantitative estimate of drug-likeness (QED) is 0.485. The fourth-order valence-corrected chi connectivity index (χ4v) is 2.92. The van der Waals surface area contributed by atoms with Gasteiger partial charge in [-0.25, -0.2) is 0 Å². The van der Waals surface area contributed by atoms with Gasteiger partial charge < -0.3 is 9.72 Å². The van der Waals surface area contributed by atoms with E-state index in [1.54, 1.807) is 0 Å². The summed E-state index contributed by atoms with van der Waals surface area (Å²) in [6.45, 7) is 0. The van der Waals surface area contributed by atoms with Crippen molar-refractivity contribution in [2.75, 3.05) is 0 Å². The van der Waals surface area contributed by atoms with E-state index in [-0.39, 0.29) is 0 Å². The summed E-state index contributed by atoms with van der Waals surface area (Å²) in [5.41, 5.74) is 1.06. The van der Waals surface area contributed by atoms with Crippen LogP contribution in [0.3, 0.4) is 0 Å². The number of H-pyrrole nitrogens is 1. The summed E-state index contributed by atoms with van der Waals surface area (Å²) in [5, 5.41) is 3.36. The SMILES string of the molecule is Brc1ccc2[nH]cc(Oc3cccc4ccccc34)c2c1. The van der Waals surface area contributed by atoms with Crippen LogP contribution in [0.25, 0.3) is 21.7 Å². The van der Waals surface area contributed by atoms with Gasteiger partial charge in [0.05, 0.1) is 0 Å². The second-order valence-corrected chi connectivity index (χ2v) is 5.84. The normalized spacial score (nSPS) is 11.1. The Kier molecular flexibility index (Phi) is 2.93. The van der Waals surface area contributed by atoms with Crippen LogP contribution in [0.15, 0.2) is 71.3 Å². The highest BCUT2D eigenvalue weighted by atomic mass is 79.9. The van der Waals surface area contributed by atoms with Crippen molar-refractivity contribution in [3.05, 3.63) is 71.3 Å². The monoisotopic (exact) mass is 337 g/mol. The van der Waals surface area contributed by atoms with Gasteiger partial charge in [-0.15, -0.1) is 0 Å². The zero-order valence-corrected chi connectivity index (χ0v) is 12.7. The minimum Gasteiger partial charge on any atom is -0.454 e. The number of aromatic nitrogens is 1. The van der Waals surface area contributed by atoms with Crippen molar-refractivity contribution in [2.24, 2.45) is 0 Å². The zero-order valence-electron chi connectivity index (χ0n) is 11.1. The number of aromatic amines is 1. The average molecular weight is 338 g/mol. The van der Waals surface area contributed by atoms with Crippen molar-refractivity contribution in [2.45, 2.75) is 0 Å². The van der Waals surface area contributed by atoms with Crippen LogP contribution in [-0.2, 0) is 0 Å². The second-order valence-electron chi connectivity index (χ2n) is 4.92. The molecule has 0 aliphatic carbocycles. The first-order chi connectivity index (χ1) is 10.3. The summed E-state index contributed by atoms with van der Waals surface area (Å²) in [4.78, 5) is 3.24. The summed E-state index contributed by atoms with van der Waals surface area (Å²) < 4.78 is 7.19. The molecule has 0 aliphatic heterocycles. The summed E-state index contributed by atoms with van der Waals surface area (Å²) in [7, 11) is 0. The molecular weight excluding hydrogens is 326 g/mol. The maximum atomic E-state index is 6.15. The van der Waals surface area contributed by atoms with Gasteiger partial charge in [0, 0.05) is 27.0 Å². The fraction of sp³-hybridized carbons (Fsp3) is 0. The molecule has 0 saturated heterocycles. The van der Waals surface area contributed by atoms with Crippen molar-refractivity contribution in [3.63, 3.8) is 0 Å². The van der Waals surface area contributed by atoms with Crippen LogP contribution in [0, 0.1) is 0 Å². The number of fused-ring (bicyclic) bond motifs is 2. The van der Waals surface area contributed by atoms with Crippen molar-refractivity contribution in [3.8, 4) is 11.5 Å². The highest BCUT2D eigenvalue weighted by Gasteiger charge is 2.08. The molecule has 21 heavy (non-hydrogen) atoms. The van der Waals surface area contributed by atoms with E-state index in [2.05, 4.69) is 45.2 Å². The van der Waals surface area contributed by atoms with Gasteiger partial charge in [0.25, 0.3) is 0 Å². The number of rotatable bonds is 2. The van der Waals surface area contributed by atoms with E-state index in [4.69, 9.17) is 4.74 Å². The van der Waals surface area contributed by atoms with Crippen molar-refractivity contribution in [1.82, 2.24) is 4.98 Å². The minimum absolute atomic E-state index is 0.836. The lowest BCUT2D eigenvalue weighted by molar-refractivity contribution is 0.494. The van der Waals surface area contributed by atoms with Crippen molar-refractivity contribution < 1.29 is 4.74 Å². The fourth-order valence-electron chi connectivity index (χ4n) is 2.55. The lowest BCUT2D eigenvalue weighted by atomic mass is 10.1.